The molecular weight excluding hydrogens is 213 g/mol. The van der Waals surface area contributed by atoms with Gasteiger partial charge < -0.3 is 9.52 Å². The first-order valence-electron chi connectivity index (χ1n) is 4.84. The molecule has 0 saturated carbocycles. The van der Waals surface area contributed by atoms with Gasteiger partial charge in [-0.2, -0.15) is 0 Å². The Morgan fingerprint density at radius 2 is 1.88 bits per heavy atom. The van der Waals surface area contributed by atoms with Crippen LogP contribution in [0.3, 0.4) is 0 Å². The van der Waals surface area contributed by atoms with Gasteiger partial charge in [-0.25, -0.2) is 9.97 Å². The van der Waals surface area contributed by atoms with Crippen LogP contribution >= 0.6 is 0 Å². The first-order valence-corrected chi connectivity index (χ1v) is 4.84. The van der Waals surface area contributed by atoms with Crippen molar-refractivity contribution in [2.75, 3.05) is 0 Å². The minimum atomic E-state index is 0. The van der Waals surface area contributed by atoms with Crippen molar-refractivity contribution in [1.29, 1.82) is 0 Å². The molecule has 0 radical (unpaired) electrons. The standard InChI is InChI=1S/C12H8N2O2.Be.2H/c15-9-5-3-7-13-11(9)12-14-8-4-1-2-6-10(8)16-12;;;/h1-7,15H;;;. The van der Waals surface area contributed by atoms with E-state index in [0.717, 1.165) is 5.52 Å². The van der Waals surface area contributed by atoms with E-state index in [1.54, 1.807) is 18.3 Å². The summed E-state index contributed by atoms with van der Waals surface area (Å²) in [5, 5.41) is 9.63. The molecule has 2 heterocycles. The Kier molecular flexibility index (Phi) is 2.89. The fourth-order valence-corrected chi connectivity index (χ4v) is 1.54. The minimum absolute atomic E-state index is 0. The average Bonchev–Trinajstić information content (AvgIpc) is 2.73. The third kappa shape index (κ3) is 1.90. The SMILES string of the molecule is Oc1cccnc1-c1nc2ccccc2o1.[BeH2]. The summed E-state index contributed by atoms with van der Waals surface area (Å²) in [5.74, 6) is 0.397. The van der Waals surface area contributed by atoms with Gasteiger partial charge in [0.25, 0.3) is 0 Å². The molecule has 4 nitrogen and oxygen atoms in total. The molecule has 0 aliphatic carbocycles. The van der Waals surface area contributed by atoms with Crippen LogP contribution in [0.25, 0.3) is 22.7 Å². The van der Waals surface area contributed by atoms with Crippen LogP contribution in [0.4, 0.5) is 0 Å². The van der Waals surface area contributed by atoms with Gasteiger partial charge in [-0.05, 0) is 24.3 Å². The second-order valence-electron chi connectivity index (χ2n) is 3.36. The van der Waals surface area contributed by atoms with E-state index in [0.29, 0.717) is 17.2 Å². The van der Waals surface area contributed by atoms with Gasteiger partial charge in [0.15, 0.2) is 11.3 Å². The Morgan fingerprint density at radius 1 is 1.06 bits per heavy atom. The van der Waals surface area contributed by atoms with E-state index in [1.165, 1.54) is 0 Å². The van der Waals surface area contributed by atoms with Crippen LogP contribution < -0.4 is 0 Å². The van der Waals surface area contributed by atoms with Gasteiger partial charge in [-0.15, -0.1) is 0 Å². The first-order chi connectivity index (χ1) is 7.84. The third-order valence-corrected chi connectivity index (χ3v) is 2.28. The summed E-state index contributed by atoms with van der Waals surface area (Å²) in [6, 6.07) is 10.6. The number of oxazole rings is 1. The normalized spacial score (nSPS) is 10.1. The number of aromatic nitrogens is 2. The fourth-order valence-electron chi connectivity index (χ4n) is 1.54. The summed E-state index contributed by atoms with van der Waals surface area (Å²) in [6.45, 7) is 0. The summed E-state index contributed by atoms with van der Waals surface area (Å²) in [4.78, 5) is 8.29. The number of aromatic hydroxyl groups is 1. The van der Waals surface area contributed by atoms with E-state index >= 15 is 0 Å². The molecule has 0 aliphatic rings. The van der Waals surface area contributed by atoms with Crippen molar-refractivity contribution >= 4 is 21.2 Å². The van der Waals surface area contributed by atoms with Crippen LogP contribution in [0.1, 0.15) is 0 Å². The molecule has 0 aliphatic heterocycles. The molecule has 1 aromatic carbocycles. The molecule has 5 heteroatoms. The van der Waals surface area contributed by atoms with Crippen molar-refractivity contribution in [2.24, 2.45) is 0 Å². The predicted molar refractivity (Wildman–Crippen MR) is 67.4 cm³/mol. The molecule has 0 atom stereocenters. The predicted octanol–water partition coefficient (Wildman–Crippen LogP) is 1.68. The van der Waals surface area contributed by atoms with Gasteiger partial charge in [0.2, 0.25) is 5.89 Å². The van der Waals surface area contributed by atoms with Crippen LogP contribution in [-0.4, -0.2) is 25.2 Å². The van der Waals surface area contributed by atoms with E-state index in [4.69, 9.17) is 4.42 Å². The van der Waals surface area contributed by atoms with E-state index in [-0.39, 0.29) is 15.9 Å². The number of rotatable bonds is 1. The van der Waals surface area contributed by atoms with E-state index in [9.17, 15) is 5.11 Å². The van der Waals surface area contributed by atoms with Crippen LogP contribution in [-0.2, 0) is 0 Å². The Labute approximate surface area is 101 Å². The summed E-state index contributed by atoms with van der Waals surface area (Å²) in [5.41, 5.74) is 1.80. The van der Waals surface area contributed by atoms with Crippen molar-refractivity contribution in [2.45, 2.75) is 0 Å². The number of fused-ring (bicyclic) bond motifs is 1. The van der Waals surface area contributed by atoms with Gasteiger partial charge in [-0.1, -0.05) is 12.1 Å². The molecule has 0 unspecified atom stereocenters. The Bertz CT molecular complexity index is 619. The number of hydrogen-bond acceptors (Lipinski definition) is 4. The van der Waals surface area contributed by atoms with Crippen molar-refractivity contribution in [3.63, 3.8) is 0 Å². The fraction of sp³-hybridized carbons (Fsp3) is 0. The summed E-state index contributed by atoms with van der Waals surface area (Å²) in [7, 11) is 0. The summed E-state index contributed by atoms with van der Waals surface area (Å²) < 4.78 is 5.50. The number of nitrogens with zero attached hydrogens (tertiary/aromatic N) is 2. The van der Waals surface area contributed by atoms with E-state index in [1.807, 2.05) is 24.3 Å². The summed E-state index contributed by atoms with van der Waals surface area (Å²) in [6.07, 6.45) is 1.59. The molecule has 0 fully saturated rings. The average molecular weight is 223 g/mol. The van der Waals surface area contributed by atoms with Crippen LogP contribution in [0.15, 0.2) is 47.0 Å². The zero-order valence-electron chi connectivity index (χ0n) is 8.29. The number of benzene rings is 1. The molecular formula is C12H10BeN2O2. The number of para-hydroxylation sites is 2. The van der Waals surface area contributed by atoms with Crippen LogP contribution in [0, 0.1) is 0 Å². The molecule has 0 spiro atoms. The van der Waals surface area contributed by atoms with Gasteiger partial charge in [0, 0.05) is 6.20 Å². The topological polar surface area (TPSA) is 59.2 Å². The second kappa shape index (κ2) is 4.35. The van der Waals surface area contributed by atoms with Gasteiger partial charge in [0.05, 0.1) is 0 Å². The van der Waals surface area contributed by atoms with E-state index in [2.05, 4.69) is 9.97 Å². The Balaban J connectivity index is 0.00000108. The molecule has 0 amide bonds. The zero-order chi connectivity index (χ0) is 11.0. The number of hydrogen-bond donors (Lipinski definition) is 1. The first kappa shape index (κ1) is 11.3. The Morgan fingerprint density at radius 3 is 2.65 bits per heavy atom. The maximum atomic E-state index is 9.63. The Hall–Kier alpha value is -2.19. The second-order valence-corrected chi connectivity index (χ2v) is 3.36. The molecule has 2 aromatic heterocycles. The summed E-state index contributed by atoms with van der Waals surface area (Å²) >= 11 is 0. The van der Waals surface area contributed by atoms with Crippen LogP contribution in [0.2, 0.25) is 0 Å². The molecule has 3 rings (SSSR count). The van der Waals surface area contributed by atoms with Gasteiger partial charge in [-0.3, -0.25) is 0 Å². The molecule has 0 bridgehead atoms. The van der Waals surface area contributed by atoms with Crippen molar-refractivity contribution in [1.82, 2.24) is 9.97 Å². The van der Waals surface area contributed by atoms with Gasteiger partial charge in [0.1, 0.15) is 11.3 Å². The number of pyridine rings is 1. The third-order valence-electron chi connectivity index (χ3n) is 2.28. The maximum absolute atomic E-state index is 9.63. The van der Waals surface area contributed by atoms with E-state index < -0.39 is 0 Å². The molecule has 0 saturated heterocycles. The monoisotopic (exact) mass is 223 g/mol. The van der Waals surface area contributed by atoms with Crippen molar-refractivity contribution in [3.8, 4) is 17.3 Å². The molecule has 1 N–H and O–H groups in total. The molecule has 82 valence electrons. The zero-order valence-corrected chi connectivity index (χ0v) is 8.29. The van der Waals surface area contributed by atoms with Gasteiger partial charge >= 0.3 is 10.1 Å². The van der Waals surface area contributed by atoms with Crippen LogP contribution in [0.5, 0.6) is 5.75 Å². The van der Waals surface area contributed by atoms with Crippen molar-refractivity contribution in [3.05, 3.63) is 42.6 Å². The van der Waals surface area contributed by atoms with Crippen molar-refractivity contribution < 1.29 is 9.52 Å². The quantitative estimate of drug-likeness (QED) is 0.637. The molecule has 3 aromatic rings. The molecule has 17 heavy (non-hydrogen) atoms.